The number of aliphatic imine (C=N–C) groups is 1. The third-order valence-corrected chi connectivity index (χ3v) is 3.79. The zero-order chi connectivity index (χ0) is 15.4. The van der Waals surface area contributed by atoms with Gasteiger partial charge in [-0.1, -0.05) is 35.9 Å². The molecule has 0 aromatic heterocycles. The van der Waals surface area contributed by atoms with Crippen LogP contribution in [0.1, 0.15) is 22.3 Å². The third-order valence-electron chi connectivity index (χ3n) is 3.42. The lowest BCUT2D eigenvalue weighted by molar-refractivity contribution is 0.643. The first kappa shape index (κ1) is 15.6. The molecule has 2 rings (SSSR count). The lowest BCUT2D eigenvalue weighted by Crippen LogP contribution is -2.07. The van der Waals surface area contributed by atoms with Crippen molar-refractivity contribution in [1.29, 1.82) is 0 Å². The average Bonchev–Trinajstić information content (AvgIpc) is 2.43. The first-order valence-electron chi connectivity index (χ1n) is 7.01. The maximum atomic E-state index is 6.25. The number of hydrogen-bond donors (Lipinski definition) is 0. The van der Waals surface area contributed by atoms with Gasteiger partial charge in [0.25, 0.3) is 0 Å². The zero-order valence-electron chi connectivity index (χ0n) is 13.0. The summed E-state index contributed by atoms with van der Waals surface area (Å²) in [4.78, 5) is 6.44. The summed E-state index contributed by atoms with van der Waals surface area (Å²) in [6.07, 6.45) is 2.68. The quantitative estimate of drug-likeness (QED) is 0.586. The molecule has 110 valence electrons. The number of benzene rings is 2. The molecule has 0 spiro atoms. The fourth-order valence-electron chi connectivity index (χ4n) is 2.21. The topological polar surface area (TPSA) is 15.6 Å². The molecule has 2 aromatic carbocycles. The van der Waals surface area contributed by atoms with Gasteiger partial charge in [-0.2, -0.15) is 0 Å². The van der Waals surface area contributed by atoms with Gasteiger partial charge in [0.2, 0.25) is 0 Å². The molecule has 0 atom stereocenters. The minimum atomic E-state index is 0.823. The average molecular weight is 301 g/mol. The van der Waals surface area contributed by atoms with Gasteiger partial charge < -0.3 is 4.90 Å². The first-order chi connectivity index (χ1) is 9.97. The van der Waals surface area contributed by atoms with Crippen molar-refractivity contribution >= 4 is 23.6 Å². The van der Waals surface area contributed by atoms with Crippen molar-refractivity contribution in [3.63, 3.8) is 0 Å². The van der Waals surface area contributed by atoms with Gasteiger partial charge in [0, 0.05) is 19.1 Å². The van der Waals surface area contributed by atoms with Crippen LogP contribution in [0, 0.1) is 13.8 Å². The van der Waals surface area contributed by atoms with Crippen LogP contribution < -0.4 is 0 Å². The van der Waals surface area contributed by atoms with Crippen molar-refractivity contribution < 1.29 is 0 Å². The van der Waals surface area contributed by atoms with Crippen LogP contribution in [0.2, 0.25) is 5.02 Å². The number of aryl methyl sites for hydroxylation is 2. The Bertz CT molecular complexity index is 660. The van der Waals surface area contributed by atoms with Crippen LogP contribution in [0.15, 0.2) is 41.4 Å². The molecule has 0 heterocycles. The molecule has 0 unspecified atom stereocenters. The van der Waals surface area contributed by atoms with E-state index in [1.165, 1.54) is 16.7 Å². The van der Waals surface area contributed by atoms with Gasteiger partial charge in [-0.05, 0) is 54.7 Å². The summed E-state index contributed by atoms with van der Waals surface area (Å²) >= 11 is 6.25. The summed E-state index contributed by atoms with van der Waals surface area (Å²) < 4.78 is 0. The molecule has 0 radical (unpaired) electrons. The monoisotopic (exact) mass is 300 g/mol. The Morgan fingerprint density at radius 2 is 1.76 bits per heavy atom. The smallest absolute Gasteiger partial charge is 0.0907 e. The van der Waals surface area contributed by atoms with Gasteiger partial charge in [-0.3, -0.25) is 0 Å². The van der Waals surface area contributed by atoms with Crippen molar-refractivity contribution in [3.05, 3.63) is 63.7 Å². The first-order valence-corrected chi connectivity index (χ1v) is 7.39. The Kier molecular flexibility index (Phi) is 5.03. The molecule has 0 saturated heterocycles. The second kappa shape index (κ2) is 6.77. The van der Waals surface area contributed by atoms with Crippen LogP contribution in [0.25, 0.3) is 0 Å². The second-order valence-electron chi connectivity index (χ2n) is 5.54. The molecule has 0 aliphatic carbocycles. The van der Waals surface area contributed by atoms with Crippen LogP contribution >= 0.6 is 11.6 Å². The van der Waals surface area contributed by atoms with Gasteiger partial charge in [0.05, 0.1) is 12.0 Å². The van der Waals surface area contributed by atoms with Gasteiger partial charge in [-0.15, -0.1) is 0 Å². The minimum Gasteiger partial charge on any atom is -0.369 e. The Hall–Kier alpha value is -1.80. The highest BCUT2D eigenvalue weighted by atomic mass is 35.5. The standard InChI is InChI=1S/C18H21ClN2/c1-13-10-18(20-12-21(3)4)14(2)9-16(13)11-15-7-5-6-8-17(15)19/h5-10,12H,11H2,1-4H3/b20-12-. The van der Waals surface area contributed by atoms with E-state index in [0.29, 0.717) is 0 Å². The lowest BCUT2D eigenvalue weighted by atomic mass is 9.97. The van der Waals surface area contributed by atoms with Crippen molar-refractivity contribution in [3.8, 4) is 0 Å². The van der Waals surface area contributed by atoms with E-state index in [1.54, 1.807) is 0 Å². The van der Waals surface area contributed by atoms with Crippen LogP contribution in [0.4, 0.5) is 5.69 Å². The SMILES string of the molecule is Cc1cc(/N=C\N(C)C)c(C)cc1Cc1ccccc1Cl. The van der Waals surface area contributed by atoms with Crippen molar-refractivity contribution in [2.75, 3.05) is 14.1 Å². The highest BCUT2D eigenvalue weighted by Crippen LogP contribution is 2.26. The highest BCUT2D eigenvalue weighted by Gasteiger charge is 2.07. The zero-order valence-corrected chi connectivity index (χ0v) is 13.8. The van der Waals surface area contributed by atoms with E-state index in [4.69, 9.17) is 11.6 Å². The van der Waals surface area contributed by atoms with Crippen molar-refractivity contribution in [1.82, 2.24) is 4.90 Å². The predicted octanol–water partition coefficient (Wildman–Crippen LogP) is 4.77. The summed E-state index contributed by atoms with van der Waals surface area (Å²) in [6.45, 7) is 4.22. The van der Waals surface area contributed by atoms with Crippen molar-refractivity contribution in [2.24, 2.45) is 4.99 Å². The maximum absolute atomic E-state index is 6.25. The third kappa shape index (κ3) is 4.08. The largest absolute Gasteiger partial charge is 0.369 e. The Morgan fingerprint density at radius 1 is 1.05 bits per heavy atom. The van der Waals surface area contributed by atoms with Crippen LogP contribution in [-0.2, 0) is 6.42 Å². The fraction of sp³-hybridized carbons (Fsp3) is 0.278. The van der Waals surface area contributed by atoms with Crippen LogP contribution in [-0.4, -0.2) is 25.3 Å². The fourth-order valence-corrected chi connectivity index (χ4v) is 2.42. The van der Waals surface area contributed by atoms with Crippen LogP contribution in [0.5, 0.6) is 0 Å². The molecule has 0 aliphatic heterocycles. The second-order valence-corrected chi connectivity index (χ2v) is 5.95. The van der Waals surface area contributed by atoms with Crippen LogP contribution in [0.3, 0.4) is 0 Å². The van der Waals surface area contributed by atoms with Gasteiger partial charge in [0.1, 0.15) is 0 Å². The molecule has 3 heteroatoms. The lowest BCUT2D eigenvalue weighted by Gasteiger charge is -2.11. The molecular formula is C18H21ClN2. The highest BCUT2D eigenvalue weighted by molar-refractivity contribution is 6.31. The van der Waals surface area contributed by atoms with Gasteiger partial charge >= 0.3 is 0 Å². The number of halogens is 1. The van der Waals surface area contributed by atoms with E-state index in [9.17, 15) is 0 Å². The predicted molar refractivity (Wildman–Crippen MR) is 92.0 cm³/mol. The molecule has 0 fully saturated rings. The normalized spacial score (nSPS) is 11.1. The number of nitrogens with zero attached hydrogens (tertiary/aromatic N) is 2. The van der Waals surface area contributed by atoms with Gasteiger partial charge in [0.15, 0.2) is 0 Å². The molecule has 0 saturated carbocycles. The van der Waals surface area contributed by atoms with E-state index in [2.05, 4.69) is 37.0 Å². The molecule has 0 amide bonds. The van der Waals surface area contributed by atoms with E-state index < -0.39 is 0 Å². The minimum absolute atomic E-state index is 0.823. The van der Waals surface area contributed by atoms with Crippen molar-refractivity contribution in [2.45, 2.75) is 20.3 Å². The molecular weight excluding hydrogens is 280 g/mol. The molecule has 21 heavy (non-hydrogen) atoms. The number of rotatable bonds is 4. The maximum Gasteiger partial charge on any atom is 0.0907 e. The number of hydrogen-bond acceptors (Lipinski definition) is 1. The molecule has 0 aliphatic rings. The Morgan fingerprint density at radius 3 is 2.43 bits per heavy atom. The molecule has 0 N–H and O–H groups in total. The molecule has 2 nitrogen and oxygen atoms in total. The Labute approximate surface area is 132 Å². The summed E-state index contributed by atoms with van der Waals surface area (Å²) in [7, 11) is 3.94. The molecule has 2 aromatic rings. The van der Waals surface area contributed by atoms with E-state index >= 15 is 0 Å². The van der Waals surface area contributed by atoms with E-state index in [-0.39, 0.29) is 0 Å². The van der Waals surface area contributed by atoms with Gasteiger partial charge in [-0.25, -0.2) is 4.99 Å². The Balaban J connectivity index is 2.30. The summed E-state index contributed by atoms with van der Waals surface area (Å²) in [5.74, 6) is 0. The molecule has 0 bridgehead atoms. The van der Waals surface area contributed by atoms with E-state index in [1.807, 2.05) is 43.5 Å². The summed E-state index contributed by atoms with van der Waals surface area (Å²) in [5.41, 5.74) is 5.90. The van der Waals surface area contributed by atoms with E-state index in [0.717, 1.165) is 22.7 Å². The summed E-state index contributed by atoms with van der Waals surface area (Å²) in [6, 6.07) is 12.4. The summed E-state index contributed by atoms with van der Waals surface area (Å²) in [5, 5.41) is 0.823.